The van der Waals surface area contributed by atoms with Crippen molar-refractivity contribution in [2.45, 2.75) is 38.0 Å². The van der Waals surface area contributed by atoms with Crippen LogP contribution in [0.1, 0.15) is 48.6 Å². The van der Waals surface area contributed by atoms with Crippen LogP contribution in [0, 0.1) is 17.8 Å². The lowest BCUT2D eigenvalue weighted by Crippen LogP contribution is -2.34. The van der Waals surface area contributed by atoms with Gasteiger partial charge in [-0.25, -0.2) is 4.98 Å². The number of anilines is 3. The number of aromatic amines is 1. The minimum Gasteiger partial charge on any atom is -0.342 e. The van der Waals surface area contributed by atoms with Crippen molar-refractivity contribution in [3.63, 3.8) is 0 Å². The number of amides is 1. The molecule has 2 aliphatic heterocycles. The molecule has 0 radical (unpaired) electrons. The number of H-pyrrole nitrogens is 1. The van der Waals surface area contributed by atoms with Crippen molar-refractivity contribution < 1.29 is 4.79 Å². The maximum atomic E-state index is 12.9. The Labute approximate surface area is 205 Å². The number of likely N-dealkylation sites (tertiary alicyclic amines) is 1. The summed E-state index contributed by atoms with van der Waals surface area (Å²) in [7, 11) is 0. The van der Waals surface area contributed by atoms with E-state index in [0.29, 0.717) is 23.7 Å². The van der Waals surface area contributed by atoms with Crippen LogP contribution in [0.5, 0.6) is 0 Å². The molecule has 0 spiro atoms. The number of benzene rings is 1. The monoisotopic (exact) mass is 469 g/mol. The Morgan fingerprint density at radius 2 is 1.77 bits per heavy atom. The van der Waals surface area contributed by atoms with E-state index in [9.17, 15) is 4.79 Å². The number of carbonyl (C=O) groups is 1. The van der Waals surface area contributed by atoms with Crippen LogP contribution >= 0.6 is 0 Å². The summed E-state index contributed by atoms with van der Waals surface area (Å²) in [5, 5.41) is 11.0. The van der Waals surface area contributed by atoms with Gasteiger partial charge in [-0.05, 0) is 43.1 Å². The van der Waals surface area contributed by atoms with Gasteiger partial charge in [-0.15, -0.1) is 0 Å². The summed E-state index contributed by atoms with van der Waals surface area (Å²) in [6.45, 7) is 3.59. The zero-order chi connectivity index (χ0) is 23.4. The maximum Gasteiger partial charge on any atom is 0.227 e. The molecule has 8 nitrogen and oxygen atoms in total. The van der Waals surface area contributed by atoms with Gasteiger partial charge < -0.3 is 15.1 Å². The van der Waals surface area contributed by atoms with E-state index in [1.54, 1.807) is 0 Å². The van der Waals surface area contributed by atoms with Crippen LogP contribution in [-0.4, -0.2) is 57.2 Å². The molecule has 1 aromatic carbocycles. The van der Waals surface area contributed by atoms with Crippen LogP contribution in [0.3, 0.4) is 0 Å². The van der Waals surface area contributed by atoms with Gasteiger partial charge in [0.25, 0.3) is 0 Å². The molecule has 2 saturated carbocycles. The highest BCUT2D eigenvalue weighted by molar-refractivity contribution is 5.83. The molecule has 1 unspecified atom stereocenters. The van der Waals surface area contributed by atoms with Gasteiger partial charge in [0, 0.05) is 62.3 Å². The minimum atomic E-state index is 0.208. The Morgan fingerprint density at radius 3 is 2.51 bits per heavy atom. The molecule has 7 rings (SSSR count). The highest BCUT2D eigenvalue weighted by Gasteiger charge is 2.60. The van der Waals surface area contributed by atoms with Gasteiger partial charge in [-0.1, -0.05) is 30.3 Å². The molecule has 4 aliphatic rings. The standard InChI is InChI=1S/C27H31N7O/c35-26(33-10-4-5-11-33)25-20-15-34(16-21(20)25)27-28-19(12-17-6-2-1-3-7-17)13-23(30-27)29-24-14-22(31-32-24)18-8-9-18/h1-3,6-7,13-14,18,20-21,25H,4-5,8-12,15-16H2,(H2,28,29,30,31,32)/t20-,21+,25?. The lowest BCUT2D eigenvalue weighted by atomic mass is 10.1. The SMILES string of the molecule is O=C(C1[C@H]2CN(c3nc(Cc4ccccc4)cc(Nc4cc(C5CC5)[nH]n4)n3)C[C@@H]12)N1CCCC1. The first-order valence-corrected chi connectivity index (χ1v) is 13.0. The van der Waals surface area contributed by atoms with Crippen molar-refractivity contribution in [2.24, 2.45) is 17.8 Å². The van der Waals surface area contributed by atoms with Crippen LogP contribution in [0.25, 0.3) is 0 Å². The third-order valence-electron chi connectivity index (χ3n) is 8.05. The summed E-state index contributed by atoms with van der Waals surface area (Å²) in [5.41, 5.74) is 3.39. The smallest absolute Gasteiger partial charge is 0.227 e. The van der Waals surface area contributed by atoms with E-state index in [1.807, 2.05) is 12.1 Å². The second-order valence-electron chi connectivity index (χ2n) is 10.6. The van der Waals surface area contributed by atoms with Crippen molar-refractivity contribution in [1.82, 2.24) is 25.1 Å². The van der Waals surface area contributed by atoms with E-state index in [-0.39, 0.29) is 5.92 Å². The van der Waals surface area contributed by atoms with Crippen LogP contribution < -0.4 is 10.2 Å². The van der Waals surface area contributed by atoms with Crippen LogP contribution in [-0.2, 0) is 11.2 Å². The third-order valence-corrected chi connectivity index (χ3v) is 8.05. The van der Waals surface area contributed by atoms with Crippen LogP contribution in [0.4, 0.5) is 17.6 Å². The lowest BCUT2D eigenvalue weighted by molar-refractivity contribution is -0.132. The van der Waals surface area contributed by atoms with E-state index in [2.05, 4.69) is 55.6 Å². The molecule has 2 N–H and O–H groups in total. The third kappa shape index (κ3) is 4.15. The maximum absolute atomic E-state index is 12.9. The summed E-state index contributed by atoms with van der Waals surface area (Å²) in [5.74, 6) is 4.39. The van der Waals surface area contributed by atoms with Gasteiger partial charge in [0.15, 0.2) is 5.82 Å². The van der Waals surface area contributed by atoms with E-state index < -0.39 is 0 Å². The summed E-state index contributed by atoms with van der Waals surface area (Å²) >= 11 is 0. The Bertz CT molecular complexity index is 1220. The van der Waals surface area contributed by atoms with Gasteiger partial charge in [-0.2, -0.15) is 10.1 Å². The summed E-state index contributed by atoms with van der Waals surface area (Å²) in [6, 6.07) is 14.5. The van der Waals surface area contributed by atoms with Crippen molar-refractivity contribution in [3.8, 4) is 0 Å². The fourth-order valence-corrected chi connectivity index (χ4v) is 5.92. The topological polar surface area (TPSA) is 90.0 Å². The summed E-state index contributed by atoms with van der Waals surface area (Å²) in [4.78, 5) is 27.1. The number of hydrogen-bond acceptors (Lipinski definition) is 6. The molecule has 1 amide bonds. The number of fused-ring (bicyclic) bond motifs is 1. The van der Waals surface area contributed by atoms with E-state index in [0.717, 1.165) is 68.7 Å². The summed E-state index contributed by atoms with van der Waals surface area (Å²) in [6.07, 6.45) is 5.51. The number of rotatable bonds is 7. The van der Waals surface area contributed by atoms with Gasteiger partial charge in [0.2, 0.25) is 11.9 Å². The molecule has 3 atom stereocenters. The average Bonchev–Trinajstić information content (AvgIpc) is 3.58. The van der Waals surface area contributed by atoms with Crippen molar-refractivity contribution >= 4 is 23.5 Å². The van der Waals surface area contributed by atoms with Gasteiger partial charge in [0.05, 0.1) is 5.69 Å². The fourth-order valence-electron chi connectivity index (χ4n) is 5.92. The first kappa shape index (κ1) is 20.9. The molecule has 2 aromatic heterocycles. The average molecular weight is 470 g/mol. The zero-order valence-electron chi connectivity index (χ0n) is 19.9. The molecule has 35 heavy (non-hydrogen) atoms. The number of nitrogens with one attached hydrogen (secondary N) is 2. The van der Waals surface area contributed by atoms with Crippen molar-refractivity contribution in [1.29, 1.82) is 0 Å². The van der Waals surface area contributed by atoms with Gasteiger partial charge in [0.1, 0.15) is 5.82 Å². The fraction of sp³-hybridized carbons (Fsp3) is 0.481. The molecule has 180 valence electrons. The minimum absolute atomic E-state index is 0.208. The molecule has 4 fully saturated rings. The number of piperidine rings is 1. The zero-order valence-corrected chi connectivity index (χ0v) is 19.9. The Hall–Kier alpha value is -3.42. The second kappa shape index (κ2) is 8.36. The van der Waals surface area contributed by atoms with Crippen molar-refractivity contribution in [2.75, 3.05) is 36.4 Å². The Kier molecular flexibility index (Phi) is 4.99. The molecule has 2 saturated heterocycles. The Morgan fingerprint density at radius 1 is 1.00 bits per heavy atom. The second-order valence-corrected chi connectivity index (χ2v) is 10.6. The van der Waals surface area contributed by atoms with E-state index in [1.165, 1.54) is 24.1 Å². The first-order valence-electron chi connectivity index (χ1n) is 13.0. The predicted octanol–water partition coefficient (Wildman–Crippen LogP) is 3.72. The quantitative estimate of drug-likeness (QED) is 0.548. The van der Waals surface area contributed by atoms with Crippen molar-refractivity contribution in [3.05, 3.63) is 59.4 Å². The van der Waals surface area contributed by atoms with Crippen LogP contribution in [0.15, 0.2) is 42.5 Å². The molecule has 3 aromatic rings. The highest BCUT2D eigenvalue weighted by atomic mass is 16.2. The number of hydrogen-bond donors (Lipinski definition) is 2. The number of nitrogens with zero attached hydrogens (tertiary/aromatic N) is 5. The molecule has 0 bridgehead atoms. The first-order chi connectivity index (χ1) is 17.2. The van der Waals surface area contributed by atoms with E-state index in [4.69, 9.17) is 9.97 Å². The van der Waals surface area contributed by atoms with Gasteiger partial charge in [-0.3, -0.25) is 9.89 Å². The molecular weight excluding hydrogens is 438 g/mol. The van der Waals surface area contributed by atoms with Crippen LogP contribution in [0.2, 0.25) is 0 Å². The van der Waals surface area contributed by atoms with E-state index >= 15 is 0 Å². The number of aromatic nitrogens is 4. The summed E-state index contributed by atoms with van der Waals surface area (Å²) < 4.78 is 0. The molecule has 4 heterocycles. The van der Waals surface area contributed by atoms with Gasteiger partial charge >= 0.3 is 0 Å². The Balaban J connectivity index is 1.10. The predicted molar refractivity (Wildman–Crippen MR) is 134 cm³/mol. The molecular formula is C27H31N7O. The highest BCUT2D eigenvalue weighted by Crippen LogP contribution is 2.53. The normalized spacial score (nSPS) is 25.1. The number of carbonyl (C=O) groups excluding carboxylic acids is 1. The molecule has 8 heteroatoms. The lowest BCUT2D eigenvalue weighted by Gasteiger charge is -2.23. The largest absolute Gasteiger partial charge is 0.342 e. The molecule has 2 aliphatic carbocycles.